The molecule has 100 valence electrons. The third-order valence-electron chi connectivity index (χ3n) is 2.97. The molecule has 3 aromatic rings. The molecule has 0 fully saturated rings. The maximum absolute atomic E-state index is 11.6. The van der Waals surface area contributed by atoms with Gasteiger partial charge in [0.25, 0.3) is 0 Å². The van der Waals surface area contributed by atoms with Crippen molar-refractivity contribution >= 4 is 39.2 Å². The van der Waals surface area contributed by atoms with E-state index in [4.69, 9.17) is 0 Å². The van der Waals surface area contributed by atoms with Crippen LogP contribution < -0.4 is 0 Å². The Morgan fingerprint density at radius 3 is 2.80 bits per heavy atom. The molecule has 20 heavy (non-hydrogen) atoms. The molecule has 0 atom stereocenters. The summed E-state index contributed by atoms with van der Waals surface area (Å²) in [5.74, 6) is 0. The number of carbonyl (C=O) groups is 1. The normalized spacial score (nSPS) is 10.8. The van der Waals surface area contributed by atoms with E-state index >= 15 is 0 Å². The lowest BCUT2D eigenvalue weighted by Gasteiger charge is -2.02. The van der Waals surface area contributed by atoms with Crippen LogP contribution in [0, 0.1) is 0 Å². The molecule has 0 saturated carbocycles. The zero-order chi connectivity index (χ0) is 13.9. The number of hydrogen-bond acceptors (Lipinski definition) is 5. The maximum Gasteiger partial charge on any atom is 0.194 e. The molecule has 0 saturated heterocycles. The largest absolute Gasteiger partial charge is 0.287 e. The van der Waals surface area contributed by atoms with Crippen LogP contribution in [-0.4, -0.2) is 14.7 Å². The van der Waals surface area contributed by atoms with Crippen molar-refractivity contribution in [1.29, 1.82) is 0 Å². The quantitative estimate of drug-likeness (QED) is 0.673. The van der Waals surface area contributed by atoms with Gasteiger partial charge in [-0.3, -0.25) is 4.79 Å². The van der Waals surface area contributed by atoms with Crippen molar-refractivity contribution in [3.8, 4) is 10.4 Å². The lowest BCUT2D eigenvalue weighted by molar-refractivity contribution is -0.110. The van der Waals surface area contributed by atoms with Crippen LogP contribution in [0.4, 0.5) is 0 Å². The average Bonchev–Trinajstić information content (AvgIpc) is 2.94. The van der Waals surface area contributed by atoms with Crippen molar-refractivity contribution in [2.24, 2.45) is 0 Å². The molecule has 0 amide bonds. The Labute approximate surface area is 125 Å². The van der Waals surface area contributed by atoms with Gasteiger partial charge in [0.15, 0.2) is 5.12 Å². The molecule has 2 aromatic carbocycles. The van der Waals surface area contributed by atoms with Gasteiger partial charge in [-0.15, -0.1) is 5.10 Å². The number of benzene rings is 2. The molecular weight excluding hydrogens is 288 g/mol. The third-order valence-corrected chi connectivity index (χ3v) is 4.87. The van der Waals surface area contributed by atoms with Gasteiger partial charge >= 0.3 is 0 Å². The summed E-state index contributed by atoms with van der Waals surface area (Å²) < 4.78 is 3.98. The van der Waals surface area contributed by atoms with E-state index in [2.05, 4.69) is 39.9 Å². The summed E-state index contributed by atoms with van der Waals surface area (Å²) in [4.78, 5) is 12.5. The second-order valence-electron chi connectivity index (χ2n) is 4.30. The van der Waals surface area contributed by atoms with Crippen molar-refractivity contribution in [3.05, 3.63) is 42.5 Å². The van der Waals surface area contributed by atoms with Crippen molar-refractivity contribution in [3.63, 3.8) is 0 Å². The van der Waals surface area contributed by atoms with Gasteiger partial charge in [0.1, 0.15) is 5.03 Å². The molecule has 1 aromatic heterocycles. The van der Waals surface area contributed by atoms with Gasteiger partial charge in [-0.25, -0.2) is 0 Å². The summed E-state index contributed by atoms with van der Waals surface area (Å²) in [5, 5.41) is 7.27. The van der Waals surface area contributed by atoms with E-state index < -0.39 is 0 Å². The molecule has 0 aliphatic rings. The summed E-state index contributed by atoms with van der Waals surface area (Å²) in [6.45, 7) is 1.85. The van der Waals surface area contributed by atoms with Gasteiger partial charge < -0.3 is 0 Å². The topological polar surface area (TPSA) is 42.9 Å². The first-order valence-electron chi connectivity index (χ1n) is 6.30. The Hall–Kier alpha value is -1.72. The smallest absolute Gasteiger partial charge is 0.194 e. The number of carbonyl (C=O) groups excluding carboxylic acids is 1. The van der Waals surface area contributed by atoms with Crippen LogP contribution in [0.15, 0.2) is 47.5 Å². The van der Waals surface area contributed by atoms with Crippen LogP contribution in [0.1, 0.15) is 13.3 Å². The lowest BCUT2D eigenvalue weighted by Crippen LogP contribution is -1.88. The van der Waals surface area contributed by atoms with Crippen LogP contribution in [0.2, 0.25) is 0 Å². The van der Waals surface area contributed by atoms with Gasteiger partial charge in [-0.2, -0.15) is 0 Å². The van der Waals surface area contributed by atoms with E-state index in [-0.39, 0.29) is 5.12 Å². The fourth-order valence-corrected chi connectivity index (χ4v) is 3.43. The Balaban J connectivity index is 2.02. The van der Waals surface area contributed by atoms with Gasteiger partial charge in [0.2, 0.25) is 0 Å². The minimum absolute atomic E-state index is 0.111. The van der Waals surface area contributed by atoms with E-state index in [1.165, 1.54) is 34.1 Å². The summed E-state index contributed by atoms with van der Waals surface area (Å²) >= 11 is 2.50. The van der Waals surface area contributed by atoms with Crippen molar-refractivity contribution in [1.82, 2.24) is 9.59 Å². The first-order chi connectivity index (χ1) is 9.78. The molecule has 0 aliphatic heterocycles. The van der Waals surface area contributed by atoms with Crippen LogP contribution in [0.5, 0.6) is 0 Å². The number of aromatic nitrogens is 2. The van der Waals surface area contributed by atoms with Crippen LogP contribution in [0.3, 0.4) is 0 Å². The highest BCUT2D eigenvalue weighted by molar-refractivity contribution is 8.13. The summed E-state index contributed by atoms with van der Waals surface area (Å²) in [5.41, 5.74) is 1.06. The molecule has 0 N–H and O–H groups in total. The fraction of sp³-hybridized carbons (Fsp3) is 0.133. The third kappa shape index (κ3) is 2.59. The first kappa shape index (κ1) is 13.3. The predicted octanol–water partition coefficient (Wildman–Crippen LogP) is 4.39. The van der Waals surface area contributed by atoms with Crippen LogP contribution >= 0.6 is 23.3 Å². The Morgan fingerprint density at radius 2 is 2.00 bits per heavy atom. The van der Waals surface area contributed by atoms with Crippen molar-refractivity contribution < 1.29 is 4.79 Å². The standard InChI is InChI=1S/C15H12N2OS2/c1-2-13(18)19-15-14(20-17-16-15)12-8-7-10-5-3-4-6-11(10)9-12/h3-9H,2H2,1H3. The summed E-state index contributed by atoms with van der Waals surface area (Å²) in [6, 6.07) is 14.5. The molecule has 1 heterocycles. The van der Waals surface area contributed by atoms with E-state index in [0.717, 1.165) is 10.4 Å². The minimum Gasteiger partial charge on any atom is -0.287 e. The second kappa shape index (κ2) is 5.73. The van der Waals surface area contributed by atoms with E-state index in [1.54, 1.807) is 0 Å². The molecule has 0 radical (unpaired) electrons. The molecule has 0 aliphatic carbocycles. The van der Waals surface area contributed by atoms with Crippen molar-refractivity contribution in [2.75, 3.05) is 0 Å². The number of thioether (sulfide) groups is 1. The molecule has 0 unspecified atom stereocenters. The highest BCUT2D eigenvalue weighted by Gasteiger charge is 2.14. The Kier molecular flexibility index (Phi) is 3.80. The predicted molar refractivity (Wildman–Crippen MR) is 84.0 cm³/mol. The average molecular weight is 300 g/mol. The lowest BCUT2D eigenvalue weighted by atomic mass is 10.1. The van der Waals surface area contributed by atoms with Gasteiger partial charge in [0.05, 0.1) is 4.88 Å². The molecule has 0 spiro atoms. The molecule has 0 bridgehead atoms. The Bertz CT molecular complexity index is 767. The second-order valence-corrected chi connectivity index (χ2v) is 6.10. The monoisotopic (exact) mass is 300 g/mol. The highest BCUT2D eigenvalue weighted by atomic mass is 32.2. The van der Waals surface area contributed by atoms with Crippen molar-refractivity contribution in [2.45, 2.75) is 18.4 Å². The van der Waals surface area contributed by atoms with Crippen LogP contribution in [0.25, 0.3) is 21.2 Å². The highest BCUT2D eigenvalue weighted by Crippen LogP contribution is 2.34. The number of rotatable bonds is 3. The molecule has 5 heteroatoms. The minimum atomic E-state index is 0.111. The van der Waals surface area contributed by atoms with E-state index in [9.17, 15) is 4.79 Å². The van der Waals surface area contributed by atoms with E-state index in [1.807, 2.05) is 19.1 Å². The SMILES string of the molecule is CCC(=O)Sc1nnsc1-c1ccc2ccccc2c1. The number of hydrogen-bond donors (Lipinski definition) is 0. The molecular formula is C15H12N2OS2. The summed E-state index contributed by atoms with van der Waals surface area (Å²) in [6.07, 6.45) is 0.499. The van der Waals surface area contributed by atoms with Gasteiger partial charge in [-0.05, 0) is 45.7 Å². The fourth-order valence-electron chi connectivity index (χ4n) is 1.94. The summed E-state index contributed by atoms with van der Waals surface area (Å²) in [7, 11) is 0. The maximum atomic E-state index is 11.6. The molecule has 3 rings (SSSR count). The van der Waals surface area contributed by atoms with Crippen LogP contribution in [-0.2, 0) is 4.79 Å². The van der Waals surface area contributed by atoms with Gasteiger partial charge in [-0.1, -0.05) is 47.8 Å². The van der Waals surface area contributed by atoms with Gasteiger partial charge in [0, 0.05) is 6.42 Å². The zero-order valence-corrected chi connectivity index (χ0v) is 12.5. The Morgan fingerprint density at radius 1 is 1.20 bits per heavy atom. The van der Waals surface area contributed by atoms with E-state index in [0.29, 0.717) is 11.4 Å². The molecule has 3 nitrogen and oxygen atoms in total. The first-order valence-corrected chi connectivity index (χ1v) is 7.89. The zero-order valence-electron chi connectivity index (χ0n) is 10.9. The number of nitrogens with zero attached hydrogens (tertiary/aromatic N) is 2. The number of fused-ring (bicyclic) bond motifs is 1.